The Morgan fingerprint density at radius 1 is 1.43 bits per heavy atom. The van der Waals surface area contributed by atoms with E-state index < -0.39 is 0 Å². The minimum atomic E-state index is 0. The molecule has 0 aliphatic carbocycles. The first-order valence-corrected chi connectivity index (χ1v) is 7.12. The maximum Gasteiger partial charge on any atom is 0.231 e. The quantitative estimate of drug-likeness (QED) is 0.894. The van der Waals surface area contributed by atoms with Crippen LogP contribution < -0.4 is 20.1 Å². The van der Waals surface area contributed by atoms with Gasteiger partial charge in [0.15, 0.2) is 11.5 Å². The van der Waals surface area contributed by atoms with E-state index in [1.165, 1.54) is 0 Å². The van der Waals surface area contributed by atoms with Crippen LogP contribution in [0.2, 0.25) is 0 Å². The summed E-state index contributed by atoms with van der Waals surface area (Å²) in [5.74, 6) is 1.76. The van der Waals surface area contributed by atoms with Crippen molar-refractivity contribution in [1.29, 1.82) is 0 Å². The Hall–Kier alpha value is -1.46. The second-order valence-corrected chi connectivity index (χ2v) is 5.45. The molecule has 1 amide bonds. The lowest BCUT2D eigenvalue weighted by molar-refractivity contribution is -0.126. The molecule has 0 saturated carbocycles. The lowest BCUT2D eigenvalue weighted by atomic mass is 9.92. The average Bonchev–Trinajstić information content (AvgIpc) is 2.93. The smallest absolute Gasteiger partial charge is 0.231 e. The number of amides is 1. The van der Waals surface area contributed by atoms with Crippen molar-refractivity contribution in [2.24, 2.45) is 5.92 Å². The first-order chi connectivity index (χ1) is 9.74. The Morgan fingerprint density at radius 3 is 3.10 bits per heavy atom. The molecule has 0 bridgehead atoms. The summed E-state index contributed by atoms with van der Waals surface area (Å²) in [6.07, 6.45) is 1.81. The number of fused-ring (bicyclic) bond motifs is 1. The lowest BCUT2D eigenvalue weighted by Gasteiger charge is -2.27. The van der Waals surface area contributed by atoms with Gasteiger partial charge in [0.25, 0.3) is 0 Å². The second-order valence-electron chi connectivity index (χ2n) is 5.45. The Bertz CT molecular complexity index is 510. The molecule has 0 spiro atoms. The van der Waals surface area contributed by atoms with Crippen LogP contribution in [0.4, 0.5) is 0 Å². The summed E-state index contributed by atoms with van der Waals surface area (Å²) in [5.41, 5.74) is 0.968. The third-order valence-corrected chi connectivity index (χ3v) is 3.93. The fraction of sp³-hybridized carbons (Fsp3) is 0.533. The number of halogens is 1. The van der Waals surface area contributed by atoms with E-state index in [9.17, 15) is 4.79 Å². The van der Waals surface area contributed by atoms with Crippen LogP contribution in [0.5, 0.6) is 11.5 Å². The molecule has 5 nitrogen and oxygen atoms in total. The highest BCUT2D eigenvalue weighted by Crippen LogP contribution is 2.35. The van der Waals surface area contributed by atoms with Gasteiger partial charge in [0, 0.05) is 24.1 Å². The van der Waals surface area contributed by atoms with E-state index in [-0.39, 0.29) is 31.0 Å². The monoisotopic (exact) mass is 312 g/mol. The molecule has 0 unspecified atom stereocenters. The topological polar surface area (TPSA) is 59.6 Å². The van der Waals surface area contributed by atoms with Crippen LogP contribution in [0.3, 0.4) is 0 Å². The first kappa shape index (κ1) is 15.9. The largest absolute Gasteiger partial charge is 0.454 e. The molecule has 0 radical (unpaired) electrons. The van der Waals surface area contributed by atoms with Gasteiger partial charge in [0.05, 0.1) is 0 Å². The minimum Gasteiger partial charge on any atom is -0.454 e. The number of nitrogens with one attached hydrogen (secondary N) is 2. The number of carbonyl (C=O) groups is 1. The zero-order valence-electron chi connectivity index (χ0n) is 12.1. The second kappa shape index (κ2) is 7.00. The van der Waals surface area contributed by atoms with Crippen molar-refractivity contribution in [3.63, 3.8) is 0 Å². The van der Waals surface area contributed by atoms with Crippen LogP contribution in [0.25, 0.3) is 0 Å². The summed E-state index contributed by atoms with van der Waals surface area (Å²) >= 11 is 0. The summed E-state index contributed by atoms with van der Waals surface area (Å²) in [6, 6.07) is 6.17. The molecule has 6 heteroatoms. The van der Waals surface area contributed by atoms with Gasteiger partial charge in [0.2, 0.25) is 12.7 Å². The van der Waals surface area contributed by atoms with Gasteiger partial charge < -0.3 is 20.1 Å². The van der Waals surface area contributed by atoms with Gasteiger partial charge in [-0.25, -0.2) is 0 Å². The van der Waals surface area contributed by atoms with Crippen LogP contribution in [-0.4, -0.2) is 25.3 Å². The maximum absolute atomic E-state index is 12.2. The number of carbonyl (C=O) groups excluding carboxylic acids is 1. The van der Waals surface area contributed by atoms with Crippen molar-refractivity contribution in [2.45, 2.75) is 32.4 Å². The first-order valence-electron chi connectivity index (χ1n) is 7.12. The van der Waals surface area contributed by atoms with Gasteiger partial charge in [-0.1, -0.05) is 12.1 Å². The lowest BCUT2D eigenvalue weighted by Crippen LogP contribution is -2.42. The third kappa shape index (κ3) is 3.60. The fourth-order valence-electron chi connectivity index (χ4n) is 2.83. The number of piperidine rings is 1. The summed E-state index contributed by atoms with van der Waals surface area (Å²) in [5, 5.41) is 6.37. The van der Waals surface area contributed by atoms with E-state index >= 15 is 0 Å². The number of benzene rings is 1. The van der Waals surface area contributed by atoms with Crippen molar-refractivity contribution < 1.29 is 14.3 Å². The van der Waals surface area contributed by atoms with E-state index in [0.29, 0.717) is 12.6 Å². The minimum absolute atomic E-state index is 0. The molecule has 1 aromatic rings. The zero-order chi connectivity index (χ0) is 13.9. The van der Waals surface area contributed by atoms with E-state index in [2.05, 4.69) is 17.6 Å². The van der Waals surface area contributed by atoms with Gasteiger partial charge in [-0.15, -0.1) is 12.4 Å². The normalized spacial score (nSPS) is 23.3. The number of rotatable bonds is 3. The molecule has 2 N–H and O–H groups in total. The van der Waals surface area contributed by atoms with Crippen LogP contribution in [0.1, 0.15) is 25.3 Å². The van der Waals surface area contributed by atoms with Gasteiger partial charge >= 0.3 is 0 Å². The van der Waals surface area contributed by atoms with Gasteiger partial charge in [0.1, 0.15) is 0 Å². The molecule has 1 fully saturated rings. The number of hydrogen-bond donors (Lipinski definition) is 2. The van der Waals surface area contributed by atoms with Crippen LogP contribution in [-0.2, 0) is 11.3 Å². The van der Waals surface area contributed by atoms with E-state index in [1.54, 1.807) is 0 Å². The maximum atomic E-state index is 12.2. The predicted octanol–water partition coefficient (Wildman–Crippen LogP) is 1.84. The van der Waals surface area contributed by atoms with E-state index in [1.807, 2.05) is 18.2 Å². The third-order valence-electron chi connectivity index (χ3n) is 3.93. The Balaban J connectivity index is 0.00000161. The van der Waals surface area contributed by atoms with Crippen molar-refractivity contribution in [1.82, 2.24) is 10.6 Å². The molecule has 2 aliphatic rings. The average molecular weight is 313 g/mol. The molecule has 0 aromatic heterocycles. The Kier molecular flexibility index (Phi) is 5.31. The molecule has 2 atom stereocenters. The molecule has 2 aliphatic heterocycles. The predicted molar refractivity (Wildman–Crippen MR) is 81.8 cm³/mol. The van der Waals surface area contributed by atoms with Crippen molar-refractivity contribution >= 4 is 18.3 Å². The standard InChI is InChI=1S/C15H20N2O3.ClH/c1-10-7-11(5-6-16-10)15(18)17-8-12-3-2-4-13-14(12)20-9-19-13;/h2-4,10-11,16H,5-9H2,1H3,(H,17,18);1H/t10-,11-;/m0./s1. The molecular weight excluding hydrogens is 292 g/mol. The molecular formula is C15H21ClN2O3. The van der Waals surface area contributed by atoms with Crippen molar-refractivity contribution in [2.75, 3.05) is 13.3 Å². The molecule has 21 heavy (non-hydrogen) atoms. The highest BCUT2D eigenvalue weighted by molar-refractivity contribution is 5.85. The Morgan fingerprint density at radius 2 is 2.29 bits per heavy atom. The van der Waals surface area contributed by atoms with Crippen molar-refractivity contribution in [3.8, 4) is 11.5 Å². The molecule has 3 rings (SSSR count). The van der Waals surface area contributed by atoms with E-state index in [0.717, 1.165) is 36.4 Å². The van der Waals surface area contributed by atoms with Crippen LogP contribution >= 0.6 is 12.4 Å². The molecule has 116 valence electrons. The summed E-state index contributed by atoms with van der Waals surface area (Å²) in [7, 11) is 0. The number of ether oxygens (including phenoxy) is 2. The van der Waals surface area contributed by atoms with Crippen molar-refractivity contribution in [3.05, 3.63) is 23.8 Å². The fourth-order valence-corrected chi connectivity index (χ4v) is 2.83. The molecule has 1 saturated heterocycles. The SMILES string of the molecule is C[C@H]1C[C@@H](C(=O)NCc2cccc3c2OCO3)CCN1.Cl. The Labute approximate surface area is 130 Å². The van der Waals surface area contributed by atoms with Crippen LogP contribution in [0.15, 0.2) is 18.2 Å². The highest BCUT2D eigenvalue weighted by Gasteiger charge is 2.25. The highest BCUT2D eigenvalue weighted by atomic mass is 35.5. The summed E-state index contributed by atoms with van der Waals surface area (Å²) in [4.78, 5) is 12.2. The number of hydrogen-bond acceptors (Lipinski definition) is 4. The molecule has 1 aromatic carbocycles. The summed E-state index contributed by atoms with van der Waals surface area (Å²) < 4.78 is 10.8. The van der Waals surface area contributed by atoms with Gasteiger partial charge in [-0.05, 0) is 32.4 Å². The van der Waals surface area contributed by atoms with Gasteiger partial charge in [-0.2, -0.15) is 0 Å². The van der Waals surface area contributed by atoms with Gasteiger partial charge in [-0.3, -0.25) is 4.79 Å². The van der Waals surface area contributed by atoms with E-state index in [4.69, 9.17) is 9.47 Å². The van der Waals surface area contributed by atoms with Crippen LogP contribution in [0, 0.1) is 5.92 Å². The molecule has 2 heterocycles. The number of para-hydroxylation sites is 1. The summed E-state index contributed by atoms with van der Waals surface area (Å²) in [6.45, 7) is 3.78. The zero-order valence-corrected chi connectivity index (χ0v) is 12.9.